The van der Waals surface area contributed by atoms with Crippen LogP contribution in [0.4, 0.5) is 11.4 Å². The maximum Gasteiger partial charge on any atom is 0.344 e. The van der Waals surface area contributed by atoms with E-state index in [0.29, 0.717) is 10.7 Å². The Morgan fingerprint density at radius 2 is 1.89 bits per heavy atom. The number of carbonyl (C=O) groups is 2. The SMILES string of the molecule is Cc1ccc(Cl)cc1NC(=O)[C@@H](C)OC(=O)COc1ccc([N+](=O)[O-])cc1. The molecule has 27 heavy (non-hydrogen) atoms. The molecule has 0 aliphatic heterocycles. The number of hydrogen-bond acceptors (Lipinski definition) is 6. The fourth-order valence-electron chi connectivity index (χ4n) is 2.05. The van der Waals surface area contributed by atoms with E-state index in [2.05, 4.69) is 5.32 Å². The molecule has 2 rings (SSSR count). The Labute approximate surface area is 160 Å². The summed E-state index contributed by atoms with van der Waals surface area (Å²) in [5, 5.41) is 13.7. The number of halogens is 1. The fraction of sp³-hybridized carbons (Fsp3) is 0.222. The smallest absolute Gasteiger partial charge is 0.344 e. The van der Waals surface area contributed by atoms with Crippen LogP contribution in [-0.2, 0) is 14.3 Å². The highest BCUT2D eigenvalue weighted by molar-refractivity contribution is 6.31. The minimum Gasteiger partial charge on any atom is -0.482 e. The quantitative estimate of drug-likeness (QED) is 0.439. The lowest BCUT2D eigenvalue weighted by atomic mass is 10.2. The van der Waals surface area contributed by atoms with Crippen molar-refractivity contribution >= 4 is 34.9 Å². The molecule has 9 heteroatoms. The van der Waals surface area contributed by atoms with Crippen LogP contribution in [0.25, 0.3) is 0 Å². The molecule has 0 heterocycles. The van der Waals surface area contributed by atoms with Crippen molar-refractivity contribution in [3.05, 3.63) is 63.2 Å². The Balaban J connectivity index is 1.84. The normalized spacial score (nSPS) is 11.4. The van der Waals surface area contributed by atoms with Gasteiger partial charge in [-0.15, -0.1) is 0 Å². The van der Waals surface area contributed by atoms with Crippen LogP contribution in [0.2, 0.25) is 5.02 Å². The van der Waals surface area contributed by atoms with Gasteiger partial charge in [0.25, 0.3) is 11.6 Å². The molecule has 1 N–H and O–H groups in total. The summed E-state index contributed by atoms with van der Waals surface area (Å²) in [5.41, 5.74) is 1.25. The second-order valence-corrected chi connectivity index (χ2v) is 6.06. The number of nitrogens with one attached hydrogen (secondary N) is 1. The predicted molar refractivity (Wildman–Crippen MR) is 99.0 cm³/mol. The molecule has 142 valence electrons. The summed E-state index contributed by atoms with van der Waals surface area (Å²) in [4.78, 5) is 34.0. The first-order valence-electron chi connectivity index (χ1n) is 7.90. The number of aryl methyl sites for hydroxylation is 1. The highest BCUT2D eigenvalue weighted by Gasteiger charge is 2.19. The number of carbonyl (C=O) groups excluding carboxylic acids is 2. The van der Waals surface area contributed by atoms with Crippen LogP contribution < -0.4 is 10.1 Å². The van der Waals surface area contributed by atoms with Crippen LogP contribution in [0, 0.1) is 17.0 Å². The lowest BCUT2D eigenvalue weighted by Gasteiger charge is -2.15. The Bertz CT molecular complexity index is 853. The number of hydrogen-bond donors (Lipinski definition) is 1. The van der Waals surface area contributed by atoms with Gasteiger partial charge in [0.15, 0.2) is 12.7 Å². The van der Waals surface area contributed by atoms with Gasteiger partial charge in [-0.25, -0.2) is 4.79 Å². The molecule has 0 radical (unpaired) electrons. The molecule has 0 bridgehead atoms. The number of benzene rings is 2. The Hall–Kier alpha value is -3.13. The van der Waals surface area contributed by atoms with E-state index in [1.807, 2.05) is 0 Å². The third-order valence-electron chi connectivity index (χ3n) is 3.54. The van der Waals surface area contributed by atoms with Crippen LogP contribution in [0.1, 0.15) is 12.5 Å². The molecule has 0 aromatic heterocycles. The van der Waals surface area contributed by atoms with Gasteiger partial charge in [-0.2, -0.15) is 0 Å². The molecule has 0 fully saturated rings. The predicted octanol–water partition coefficient (Wildman–Crippen LogP) is 3.51. The van der Waals surface area contributed by atoms with Crippen molar-refractivity contribution in [1.82, 2.24) is 0 Å². The number of rotatable bonds is 7. The standard InChI is InChI=1S/C18H17ClN2O6/c1-11-3-4-13(19)9-16(11)20-18(23)12(2)27-17(22)10-26-15-7-5-14(6-8-15)21(24)25/h3-9,12H,10H2,1-2H3,(H,20,23)/t12-/m1/s1. The molecule has 0 saturated carbocycles. The van der Waals surface area contributed by atoms with Gasteiger partial charge in [0.2, 0.25) is 0 Å². The van der Waals surface area contributed by atoms with Crippen LogP contribution in [0.3, 0.4) is 0 Å². The largest absolute Gasteiger partial charge is 0.482 e. The Morgan fingerprint density at radius 1 is 1.22 bits per heavy atom. The van der Waals surface area contributed by atoms with Crippen molar-refractivity contribution in [2.45, 2.75) is 20.0 Å². The minimum absolute atomic E-state index is 0.0912. The summed E-state index contributed by atoms with van der Waals surface area (Å²) < 4.78 is 10.2. The summed E-state index contributed by atoms with van der Waals surface area (Å²) >= 11 is 5.90. The van der Waals surface area contributed by atoms with E-state index in [1.54, 1.807) is 25.1 Å². The van der Waals surface area contributed by atoms with Crippen LogP contribution in [0.15, 0.2) is 42.5 Å². The van der Waals surface area contributed by atoms with Gasteiger partial charge in [0.1, 0.15) is 5.75 Å². The zero-order valence-corrected chi connectivity index (χ0v) is 15.4. The molecule has 0 aliphatic carbocycles. The van der Waals surface area contributed by atoms with E-state index in [4.69, 9.17) is 21.1 Å². The molecule has 0 spiro atoms. The molecule has 8 nitrogen and oxygen atoms in total. The molecular formula is C18H17ClN2O6. The molecule has 2 aromatic carbocycles. The maximum absolute atomic E-state index is 12.2. The summed E-state index contributed by atoms with van der Waals surface area (Å²) in [6.07, 6.45) is -1.05. The molecule has 1 amide bonds. The van der Waals surface area contributed by atoms with Crippen molar-refractivity contribution in [3.8, 4) is 5.75 Å². The number of anilines is 1. The fourth-order valence-corrected chi connectivity index (χ4v) is 2.23. The lowest BCUT2D eigenvalue weighted by molar-refractivity contribution is -0.384. The first-order valence-corrected chi connectivity index (χ1v) is 8.28. The molecule has 2 aromatic rings. The Kier molecular flexibility index (Phi) is 6.73. The van der Waals surface area contributed by atoms with Crippen molar-refractivity contribution < 1.29 is 24.0 Å². The van der Waals surface area contributed by atoms with E-state index in [-0.39, 0.29) is 11.4 Å². The average Bonchev–Trinajstić information content (AvgIpc) is 2.63. The third-order valence-corrected chi connectivity index (χ3v) is 3.77. The van der Waals surface area contributed by atoms with Crippen molar-refractivity contribution in [1.29, 1.82) is 0 Å². The zero-order valence-electron chi connectivity index (χ0n) is 14.6. The van der Waals surface area contributed by atoms with E-state index in [9.17, 15) is 19.7 Å². The average molecular weight is 393 g/mol. The summed E-state index contributed by atoms with van der Waals surface area (Å²) in [7, 11) is 0. The second-order valence-electron chi connectivity index (χ2n) is 5.62. The van der Waals surface area contributed by atoms with Crippen LogP contribution >= 0.6 is 11.6 Å². The van der Waals surface area contributed by atoms with Crippen molar-refractivity contribution in [2.75, 3.05) is 11.9 Å². The summed E-state index contributed by atoms with van der Waals surface area (Å²) in [5.74, 6) is -0.993. The van der Waals surface area contributed by atoms with Gasteiger partial charge in [0.05, 0.1) is 4.92 Å². The third kappa shape index (κ3) is 5.96. The number of nitrogens with zero attached hydrogens (tertiary/aromatic N) is 1. The molecular weight excluding hydrogens is 376 g/mol. The second kappa shape index (κ2) is 9.00. The molecule has 0 saturated heterocycles. The molecule has 0 aliphatic rings. The van der Waals surface area contributed by atoms with Gasteiger partial charge in [-0.1, -0.05) is 17.7 Å². The molecule has 0 unspecified atom stereocenters. The number of non-ortho nitro benzene ring substituents is 1. The van der Waals surface area contributed by atoms with Gasteiger partial charge >= 0.3 is 5.97 Å². The van der Waals surface area contributed by atoms with Gasteiger partial charge in [-0.3, -0.25) is 14.9 Å². The number of ether oxygens (including phenoxy) is 2. The summed E-state index contributed by atoms with van der Waals surface area (Å²) in [6, 6.07) is 10.3. The van der Waals surface area contributed by atoms with Crippen LogP contribution in [-0.4, -0.2) is 29.5 Å². The topological polar surface area (TPSA) is 108 Å². The van der Waals surface area contributed by atoms with Crippen LogP contribution in [0.5, 0.6) is 5.75 Å². The lowest BCUT2D eigenvalue weighted by Crippen LogP contribution is -2.31. The monoisotopic (exact) mass is 392 g/mol. The van der Waals surface area contributed by atoms with E-state index >= 15 is 0 Å². The molecule has 1 atom stereocenters. The van der Waals surface area contributed by atoms with E-state index < -0.39 is 29.5 Å². The van der Waals surface area contributed by atoms with Gasteiger partial charge < -0.3 is 14.8 Å². The number of amides is 1. The Morgan fingerprint density at radius 3 is 2.52 bits per heavy atom. The van der Waals surface area contributed by atoms with Gasteiger partial charge in [0, 0.05) is 22.8 Å². The zero-order chi connectivity index (χ0) is 20.0. The van der Waals surface area contributed by atoms with Crippen molar-refractivity contribution in [2.24, 2.45) is 0 Å². The van der Waals surface area contributed by atoms with Gasteiger partial charge in [-0.05, 0) is 43.7 Å². The van der Waals surface area contributed by atoms with E-state index in [0.717, 1.165) is 5.56 Å². The minimum atomic E-state index is -1.05. The maximum atomic E-state index is 12.2. The summed E-state index contributed by atoms with van der Waals surface area (Å²) in [6.45, 7) is 2.80. The highest BCUT2D eigenvalue weighted by Crippen LogP contribution is 2.20. The number of nitro benzene ring substituents is 1. The van der Waals surface area contributed by atoms with Crippen molar-refractivity contribution in [3.63, 3.8) is 0 Å². The number of esters is 1. The highest BCUT2D eigenvalue weighted by atomic mass is 35.5. The first-order chi connectivity index (χ1) is 12.8. The van der Waals surface area contributed by atoms with E-state index in [1.165, 1.54) is 31.2 Å². The first kappa shape index (κ1) is 20.2. The number of nitro groups is 1.